The van der Waals surface area contributed by atoms with Crippen LogP contribution in [0.2, 0.25) is 0 Å². The number of aliphatic hydroxyl groups excluding tert-OH is 1. The van der Waals surface area contributed by atoms with Crippen molar-refractivity contribution in [1.29, 1.82) is 0 Å². The number of carbonyl (C=O) groups is 1. The molecule has 0 saturated carbocycles. The van der Waals surface area contributed by atoms with Crippen molar-refractivity contribution in [2.75, 3.05) is 6.61 Å². The first-order valence-electron chi connectivity index (χ1n) is 8.31. The summed E-state index contributed by atoms with van der Waals surface area (Å²) < 4.78 is 18.3. The van der Waals surface area contributed by atoms with Crippen LogP contribution in [0.1, 0.15) is 32.9 Å². The Kier molecular flexibility index (Phi) is 4.97. The van der Waals surface area contributed by atoms with E-state index in [4.69, 9.17) is 14.2 Å². The summed E-state index contributed by atoms with van der Waals surface area (Å²) in [6, 6.07) is 0. The number of H-pyrrole nitrogens is 1. The number of ether oxygens (including phenoxy) is 3. The van der Waals surface area contributed by atoms with Crippen molar-refractivity contribution >= 4 is 5.97 Å². The van der Waals surface area contributed by atoms with Crippen LogP contribution in [0.25, 0.3) is 0 Å². The van der Waals surface area contributed by atoms with Gasteiger partial charge in [-0.2, -0.15) is 9.78 Å². The Labute approximate surface area is 147 Å². The van der Waals surface area contributed by atoms with Gasteiger partial charge in [0.2, 0.25) is 0 Å². The third kappa shape index (κ3) is 3.30. The molecule has 2 aliphatic rings. The Morgan fingerprint density at radius 1 is 1.42 bits per heavy atom. The molecule has 11 nitrogen and oxygen atoms in total. The Balaban J connectivity index is 1.87. The molecule has 3 heterocycles. The highest BCUT2D eigenvalue weighted by Gasteiger charge is 2.58. The second-order valence-electron chi connectivity index (χ2n) is 6.58. The van der Waals surface area contributed by atoms with Gasteiger partial charge in [0.1, 0.15) is 24.5 Å². The molecule has 144 valence electrons. The Hall–Kier alpha value is -2.08. The standard InChI is InChI=1S/C15H21N3O8/c1-3-7(13(21)22)4-15(2)25-10-8(6-19)24-12(11(10)26-15)18-14(23)17-9(20)5-16-18/h5,7-8,10-12,19H,3-4,6H2,1-2H3,(H,21,22)(H,17,20,23)/t7?,8-,10-,11-,12-,15?/m1/s1. The number of nitrogens with one attached hydrogen (secondary N) is 1. The van der Waals surface area contributed by atoms with E-state index >= 15 is 0 Å². The van der Waals surface area contributed by atoms with Crippen molar-refractivity contribution in [1.82, 2.24) is 14.8 Å². The molecule has 26 heavy (non-hydrogen) atoms. The van der Waals surface area contributed by atoms with Crippen molar-refractivity contribution in [3.63, 3.8) is 0 Å². The summed E-state index contributed by atoms with van der Waals surface area (Å²) in [4.78, 5) is 36.6. The largest absolute Gasteiger partial charge is 0.481 e. The number of aliphatic carboxylic acids is 1. The smallest absolute Gasteiger partial charge is 0.347 e. The first kappa shape index (κ1) is 18.7. The number of aromatic nitrogens is 3. The molecule has 0 aliphatic carbocycles. The van der Waals surface area contributed by atoms with E-state index in [0.29, 0.717) is 6.42 Å². The minimum absolute atomic E-state index is 0.102. The minimum atomic E-state index is -1.21. The second kappa shape index (κ2) is 6.91. The zero-order valence-electron chi connectivity index (χ0n) is 14.3. The van der Waals surface area contributed by atoms with Crippen molar-refractivity contribution in [3.8, 4) is 0 Å². The molecule has 2 aliphatic heterocycles. The normalized spacial score (nSPS) is 34.6. The van der Waals surface area contributed by atoms with E-state index < -0.39 is 53.5 Å². The Morgan fingerprint density at radius 2 is 2.12 bits per heavy atom. The zero-order valence-corrected chi connectivity index (χ0v) is 14.3. The predicted molar refractivity (Wildman–Crippen MR) is 84.3 cm³/mol. The van der Waals surface area contributed by atoms with E-state index in [1.54, 1.807) is 13.8 Å². The summed E-state index contributed by atoms with van der Waals surface area (Å²) >= 11 is 0. The average Bonchev–Trinajstić information content (AvgIpc) is 3.07. The van der Waals surface area contributed by atoms with Gasteiger partial charge in [0, 0.05) is 6.42 Å². The first-order valence-corrected chi connectivity index (χ1v) is 8.31. The maximum absolute atomic E-state index is 12.0. The molecule has 3 N–H and O–H groups in total. The van der Waals surface area contributed by atoms with Gasteiger partial charge in [-0.1, -0.05) is 6.92 Å². The maximum atomic E-state index is 12.0. The minimum Gasteiger partial charge on any atom is -0.481 e. The third-order valence-corrected chi connectivity index (χ3v) is 4.67. The van der Waals surface area contributed by atoms with E-state index in [2.05, 4.69) is 10.1 Å². The van der Waals surface area contributed by atoms with Crippen molar-refractivity contribution in [2.24, 2.45) is 5.92 Å². The lowest BCUT2D eigenvalue weighted by Gasteiger charge is -2.29. The molecule has 2 saturated heterocycles. The van der Waals surface area contributed by atoms with Gasteiger partial charge in [-0.05, 0) is 13.3 Å². The number of hydrogen-bond donors (Lipinski definition) is 3. The number of fused-ring (bicyclic) bond motifs is 1. The summed E-state index contributed by atoms with van der Waals surface area (Å²) in [6.07, 6.45) is -1.87. The molecule has 0 spiro atoms. The van der Waals surface area contributed by atoms with E-state index in [9.17, 15) is 24.6 Å². The third-order valence-electron chi connectivity index (χ3n) is 4.67. The fraction of sp³-hybridized carbons (Fsp3) is 0.733. The van der Waals surface area contributed by atoms with Gasteiger partial charge in [0.25, 0.3) is 5.56 Å². The summed E-state index contributed by atoms with van der Waals surface area (Å²) in [6.45, 7) is 2.99. The molecule has 0 aromatic carbocycles. The quantitative estimate of drug-likeness (QED) is 0.561. The van der Waals surface area contributed by atoms with Crippen LogP contribution in [0.15, 0.2) is 15.8 Å². The van der Waals surface area contributed by atoms with Crippen LogP contribution in [0.5, 0.6) is 0 Å². The topological polar surface area (TPSA) is 153 Å². The summed E-state index contributed by atoms with van der Waals surface area (Å²) in [5, 5.41) is 22.6. The number of aliphatic hydroxyl groups is 1. The van der Waals surface area contributed by atoms with Gasteiger partial charge in [0.05, 0.1) is 12.5 Å². The monoisotopic (exact) mass is 371 g/mol. The lowest BCUT2D eigenvalue weighted by molar-refractivity contribution is -0.221. The summed E-state index contributed by atoms with van der Waals surface area (Å²) in [5.41, 5.74) is -1.44. The van der Waals surface area contributed by atoms with Crippen LogP contribution in [-0.4, -0.2) is 61.7 Å². The highest BCUT2D eigenvalue weighted by molar-refractivity contribution is 5.69. The van der Waals surface area contributed by atoms with Crippen LogP contribution < -0.4 is 11.2 Å². The lowest BCUT2D eigenvalue weighted by Crippen LogP contribution is -2.40. The second-order valence-corrected chi connectivity index (χ2v) is 6.58. The molecule has 2 fully saturated rings. The van der Waals surface area contributed by atoms with E-state index in [0.717, 1.165) is 10.9 Å². The molecular formula is C15H21N3O8. The van der Waals surface area contributed by atoms with Gasteiger partial charge in [0.15, 0.2) is 12.0 Å². The van der Waals surface area contributed by atoms with Crippen molar-refractivity contribution < 1.29 is 29.2 Å². The number of carboxylic acids is 1. The SMILES string of the molecule is CCC(CC1(C)O[C@@H]2[C@H](O1)[C@@H](CO)O[C@H]2n1ncc(=O)[nH]c1=O)C(=O)O. The van der Waals surface area contributed by atoms with Crippen molar-refractivity contribution in [3.05, 3.63) is 27.0 Å². The van der Waals surface area contributed by atoms with Gasteiger partial charge in [-0.3, -0.25) is 14.6 Å². The molecular weight excluding hydrogens is 350 g/mol. The fourth-order valence-electron chi connectivity index (χ4n) is 3.42. The van der Waals surface area contributed by atoms with Crippen LogP contribution in [0, 0.1) is 5.92 Å². The van der Waals surface area contributed by atoms with Crippen molar-refractivity contribution in [2.45, 2.75) is 57.0 Å². The van der Waals surface area contributed by atoms with Gasteiger partial charge < -0.3 is 24.4 Å². The highest BCUT2D eigenvalue weighted by Crippen LogP contribution is 2.44. The number of aromatic amines is 1. The average molecular weight is 371 g/mol. The van der Waals surface area contributed by atoms with E-state index in [1.165, 1.54) is 0 Å². The summed E-state index contributed by atoms with van der Waals surface area (Å²) in [5.74, 6) is -2.84. The molecule has 1 aromatic rings. The number of nitrogens with zero attached hydrogens (tertiary/aromatic N) is 2. The molecule has 1 aromatic heterocycles. The highest BCUT2D eigenvalue weighted by atomic mass is 16.8. The van der Waals surface area contributed by atoms with Crippen LogP contribution >= 0.6 is 0 Å². The summed E-state index contributed by atoms with van der Waals surface area (Å²) in [7, 11) is 0. The molecule has 0 amide bonds. The van der Waals surface area contributed by atoms with Gasteiger partial charge in [-0.25, -0.2) is 4.79 Å². The van der Waals surface area contributed by atoms with Crippen LogP contribution in [0.3, 0.4) is 0 Å². The molecule has 3 rings (SSSR count). The first-order chi connectivity index (χ1) is 12.3. The molecule has 11 heteroatoms. The van der Waals surface area contributed by atoms with Gasteiger partial charge >= 0.3 is 11.7 Å². The van der Waals surface area contributed by atoms with E-state index in [1.807, 2.05) is 0 Å². The maximum Gasteiger partial charge on any atom is 0.347 e. The van der Waals surface area contributed by atoms with Crippen LogP contribution in [0.4, 0.5) is 0 Å². The van der Waals surface area contributed by atoms with Gasteiger partial charge in [-0.15, -0.1) is 0 Å². The molecule has 6 atom stereocenters. The molecule has 0 radical (unpaired) electrons. The molecule has 2 unspecified atom stereocenters. The molecule has 0 bridgehead atoms. The van der Waals surface area contributed by atoms with E-state index in [-0.39, 0.29) is 13.0 Å². The fourth-order valence-corrected chi connectivity index (χ4v) is 3.42. The Morgan fingerprint density at radius 3 is 2.69 bits per heavy atom. The predicted octanol–water partition coefficient (Wildman–Crippen LogP) is -1.18. The number of hydrogen-bond acceptors (Lipinski definition) is 8. The van der Waals surface area contributed by atoms with Crippen LogP contribution in [-0.2, 0) is 19.0 Å². The number of rotatable bonds is 6. The Bertz CT molecular complexity index is 792. The zero-order chi connectivity index (χ0) is 19.1. The lowest BCUT2D eigenvalue weighted by atomic mass is 9.97. The number of carboxylic acid groups (broad SMARTS) is 1.